The molecule has 0 spiro atoms. The minimum atomic E-state index is -1.50. The molecule has 2 atom stereocenters. The standard InChI is InChI=1S/C19H14BrClN4O3.C3H8O2/c20-13-8-24(17-15(13)16(21)22-9-23-17)14-6-5-10(28-14)7-25-18(26)11-3-1-2-4-12(11)19(25)27;1-3(2,4)5/h1-4,8-10,14H,5-7H2;4-5H,1-2H3. The predicted molar refractivity (Wildman–Crippen MR) is 124 cm³/mol. The van der Waals surface area contributed by atoms with Crippen LogP contribution in [-0.4, -0.2) is 59.9 Å². The second-order valence-corrected chi connectivity index (χ2v) is 9.51. The van der Waals surface area contributed by atoms with Crippen LogP contribution in [0.5, 0.6) is 0 Å². The molecule has 2 N–H and O–H groups in total. The van der Waals surface area contributed by atoms with E-state index in [2.05, 4.69) is 25.9 Å². The molecule has 2 aliphatic heterocycles. The van der Waals surface area contributed by atoms with Crippen molar-refractivity contribution in [2.75, 3.05) is 6.54 Å². The third-order valence-corrected chi connectivity index (χ3v) is 6.06. The van der Waals surface area contributed by atoms with E-state index in [-0.39, 0.29) is 30.7 Å². The Hall–Kier alpha value is -2.37. The molecule has 4 heterocycles. The summed E-state index contributed by atoms with van der Waals surface area (Å²) in [5.41, 5.74) is 1.58. The molecule has 0 aliphatic carbocycles. The number of amides is 2. The SMILES string of the molecule is CC(C)(O)O.O=C1c2ccccc2C(=O)N1CC1CCC(n2cc(Br)c3c(Cl)ncnc32)O1. The number of imide groups is 1. The lowest BCUT2D eigenvalue weighted by molar-refractivity contribution is -0.127. The van der Waals surface area contributed by atoms with Crippen molar-refractivity contribution in [1.29, 1.82) is 0 Å². The average molecular weight is 538 g/mol. The van der Waals surface area contributed by atoms with Gasteiger partial charge in [-0.15, -0.1) is 0 Å². The summed E-state index contributed by atoms with van der Waals surface area (Å²) in [6.07, 6.45) is 4.28. The van der Waals surface area contributed by atoms with Gasteiger partial charge in [0.1, 0.15) is 23.4 Å². The lowest BCUT2D eigenvalue weighted by Gasteiger charge is -2.20. The quantitative estimate of drug-likeness (QED) is 0.298. The van der Waals surface area contributed by atoms with Crippen molar-refractivity contribution < 1.29 is 24.5 Å². The first-order valence-electron chi connectivity index (χ1n) is 10.3. The highest BCUT2D eigenvalue weighted by Gasteiger charge is 2.39. The van der Waals surface area contributed by atoms with Crippen LogP contribution in [-0.2, 0) is 4.74 Å². The molecule has 0 bridgehead atoms. The van der Waals surface area contributed by atoms with E-state index in [0.29, 0.717) is 21.9 Å². The van der Waals surface area contributed by atoms with E-state index in [4.69, 9.17) is 26.6 Å². The predicted octanol–water partition coefficient (Wildman–Crippen LogP) is 3.53. The van der Waals surface area contributed by atoms with Crippen molar-refractivity contribution in [3.63, 3.8) is 0 Å². The Morgan fingerprint density at radius 1 is 1.15 bits per heavy atom. The van der Waals surface area contributed by atoms with Gasteiger partial charge in [0.15, 0.2) is 5.79 Å². The number of fused-ring (bicyclic) bond motifs is 2. The van der Waals surface area contributed by atoms with Gasteiger partial charge < -0.3 is 19.5 Å². The summed E-state index contributed by atoms with van der Waals surface area (Å²) in [5.74, 6) is -2.03. The zero-order valence-electron chi connectivity index (χ0n) is 17.9. The largest absolute Gasteiger partial charge is 0.366 e. The Morgan fingerprint density at radius 2 is 1.76 bits per heavy atom. The third kappa shape index (κ3) is 4.95. The van der Waals surface area contributed by atoms with Gasteiger partial charge >= 0.3 is 0 Å². The molecule has 2 unspecified atom stereocenters. The number of hydrogen-bond donors (Lipinski definition) is 2. The van der Waals surface area contributed by atoms with E-state index in [1.165, 1.54) is 25.1 Å². The Balaban J connectivity index is 0.000000471. The lowest BCUT2D eigenvalue weighted by atomic mass is 10.1. The minimum Gasteiger partial charge on any atom is -0.366 e. The molecule has 1 aromatic carbocycles. The Labute approximate surface area is 203 Å². The number of carbonyl (C=O) groups is 2. The van der Waals surface area contributed by atoms with E-state index in [0.717, 1.165) is 22.7 Å². The van der Waals surface area contributed by atoms with Crippen molar-refractivity contribution in [3.8, 4) is 0 Å². The zero-order valence-corrected chi connectivity index (χ0v) is 20.2. The molecule has 5 rings (SSSR count). The maximum atomic E-state index is 12.6. The Morgan fingerprint density at radius 3 is 2.36 bits per heavy atom. The summed E-state index contributed by atoms with van der Waals surface area (Å²) in [5, 5.41) is 17.3. The van der Waals surface area contributed by atoms with Gasteiger partial charge in [0, 0.05) is 10.7 Å². The zero-order chi connectivity index (χ0) is 23.9. The second-order valence-electron chi connectivity index (χ2n) is 8.30. The molecule has 2 amide bonds. The van der Waals surface area contributed by atoms with Crippen LogP contribution in [0.15, 0.2) is 41.3 Å². The van der Waals surface area contributed by atoms with Gasteiger partial charge in [-0.05, 0) is 54.8 Å². The highest BCUT2D eigenvalue weighted by molar-refractivity contribution is 9.10. The summed E-state index contributed by atoms with van der Waals surface area (Å²) >= 11 is 9.68. The van der Waals surface area contributed by atoms with Gasteiger partial charge in [-0.2, -0.15) is 0 Å². The molecule has 2 aliphatic rings. The fraction of sp³-hybridized carbons (Fsp3) is 0.364. The summed E-state index contributed by atoms with van der Waals surface area (Å²) in [4.78, 5) is 34.8. The molecule has 0 radical (unpaired) electrons. The van der Waals surface area contributed by atoms with Gasteiger partial charge in [-0.1, -0.05) is 23.7 Å². The molecule has 3 aromatic rings. The van der Waals surface area contributed by atoms with Gasteiger partial charge in [0.25, 0.3) is 11.8 Å². The van der Waals surface area contributed by atoms with Crippen LogP contribution in [0.2, 0.25) is 5.15 Å². The molecule has 11 heteroatoms. The fourth-order valence-corrected chi connectivity index (χ4v) is 4.79. The average Bonchev–Trinajstić information content (AvgIpc) is 3.40. The molecule has 0 saturated carbocycles. The normalized spacial score (nSPS) is 20.2. The summed E-state index contributed by atoms with van der Waals surface area (Å²) < 4.78 is 8.86. The molecular weight excluding hydrogens is 516 g/mol. The summed E-state index contributed by atoms with van der Waals surface area (Å²) in [7, 11) is 0. The molecule has 1 saturated heterocycles. The Kier molecular flexibility index (Phi) is 6.56. The Bertz CT molecular complexity index is 1180. The van der Waals surface area contributed by atoms with Crippen LogP contribution in [0.3, 0.4) is 0 Å². The second kappa shape index (κ2) is 9.11. The van der Waals surface area contributed by atoms with Crippen molar-refractivity contribution >= 4 is 50.4 Å². The minimum absolute atomic E-state index is 0.235. The summed E-state index contributed by atoms with van der Waals surface area (Å²) in [6, 6.07) is 6.89. The van der Waals surface area contributed by atoms with E-state index < -0.39 is 5.79 Å². The lowest BCUT2D eigenvalue weighted by Crippen LogP contribution is -2.36. The van der Waals surface area contributed by atoms with Crippen LogP contribution in [0.4, 0.5) is 0 Å². The van der Waals surface area contributed by atoms with Gasteiger partial charge in [0.2, 0.25) is 0 Å². The first kappa shape index (κ1) is 23.8. The van der Waals surface area contributed by atoms with Gasteiger partial charge in [0.05, 0.1) is 29.2 Å². The van der Waals surface area contributed by atoms with Crippen LogP contribution in [0.1, 0.15) is 53.6 Å². The number of hydrogen-bond acceptors (Lipinski definition) is 7. The molecule has 1 fully saturated rings. The van der Waals surface area contributed by atoms with Crippen molar-refractivity contribution in [3.05, 3.63) is 57.5 Å². The van der Waals surface area contributed by atoms with Gasteiger partial charge in [-0.3, -0.25) is 14.5 Å². The van der Waals surface area contributed by atoms with Crippen molar-refractivity contribution in [2.24, 2.45) is 0 Å². The van der Waals surface area contributed by atoms with Crippen LogP contribution in [0.25, 0.3) is 11.0 Å². The summed E-state index contributed by atoms with van der Waals surface area (Å²) in [6.45, 7) is 2.83. The van der Waals surface area contributed by atoms with Crippen molar-refractivity contribution in [1.82, 2.24) is 19.4 Å². The number of halogens is 2. The van der Waals surface area contributed by atoms with Gasteiger partial charge in [-0.25, -0.2) is 9.97 Å². The molecular formula is C22H22BrClN4O5. The maximum Gasteiger partial charge on any atom is 0.261 e. The molecule has 174 valence electrons. The smallest absolute Gasteiger partial charge is 0.261 e. The number of ether oxygens (including phenoxy) is 1. The van der Waals surface area contributed by atoms with E-state index in [1.54, 1.807) is 24.3 Å². The first-order valence-corrected chi connectivity index (χ1v) is 11.4. The monoisotopic (exact) mass is 536 g/mol. The fourth-order valence-electron chi connectivity index (χ4n) is 3.86. The van der Waals surface area contributed by atoms with Crippen LogP contribution >= 0.6 is 27.5 Å². The number of nitrogens with zero attached hydrogens (tertiary/aromatic N) is 4. The van der Waals surface area contributed by atoms with Crippen LogP contribution < -0.4 is 0 Å². The first-order chi connectivity index (χ1) is 15.5. The number of aliphatic hydroxyl groups is 2. The topological polar surface area (TPSA) is 118 Å². The third-order valence-electron chi connectivity index (χ3n) is 5.18. The number of aromatic nitrogens is 3. The number of rotatable bonds is 3. The van der Waals surface area contributed by atoms with E-state index in [9.17, 15) is 9.59 Å². The number of benzene rings is 1. The van der Waals surface area contributed by atoms with Crippen molar-refractivity contribution in [2.45, 2.75) is 44.8 Å². The number of carbonyl (C=O) groups excluding carboxylic acids is 2. The molecule has 33 heavy (non-hydrogen) atoms. The van der Waals surface area contributed by atoms with E-state index >= 15 is 0 Å². The van der Waals surface area contributed by atoms with E-state index in [1.807, 2.05) is 10.8 Å². The molecule has 9 nitrogen and oxygen atoms in total. The highest BCUT2D eigenvalue weighted by Crippen LogP contribution is 2.37. The highest BCUT2D eigenvalue weighted by atomic mass is 79.9. The maximum absolute atomic E-state index is 12.6. The molecule has 2 aromatic heterocycles. The van der Waals surface area contributed by atoms with Crippen LogP contribution in [0, 0.1) is 0 Å².